The van der Waals surface area contributed by atoms with Crippen molar-refractivity contribution in [3.63, 3.8) is 0 Å². The summed E-state index contributed by atoms with van der Waals surface area (Å²) in [6, 6.07) is 20.0. The van der Waals surface area contributed by atoms with Crippen molar-refractivity contribution in [2.24, 2.45) is 0 Å². The number of methoxy groups -OCH3 is 1. The SMILES string of the molecule is CCOc1ccc(S(=O)(=O)Nc2ccc(C(=O)N(C)Cc3ccccc3OC)cc2)cc1. The Kier molecular flexibility index (Phi) is 7.37. The van der Waals surface area contributed by atoms with Crippen LogP contribution in [0.1, 0.15) is 22.8 Å². The average molecular weight is 455 g/mol. The molecule has 0 aliphatic heterocycles. The molecule has 0 heterocycles. The smallest absolute Gasteiger partial charge is 0.261 e. The Hall–Kier alpha value is -3.52. The van der Waals surface area contributed by atoms with E-state index in [-0.39, 0.29) is 10.8 Å². The third-order valence-corrected chi connectivity index (χ3v) is 6.17. The molecule has 1 N–H and O–H groups in total. The molecule has 7 nitrogen and oxygen atoms in total. The van der Waals surface area contributed by atoms with Gasteiger partial charge in [0.2, 0.25) is 0 Å². The van der Waals surface area contributed by atoms with Gasteiger partial charge in [0.05, 0.1) is 18.6 Å². The van der Waals surface area contributed by atoms with Gasteiger partial charge in [-0.1, -0.05) is 18.2 Å². The second kappa shape index (κ2) is 10.2. The highest BCUT2D eigenvalue weighted by Gasteiger charge is 2.17. The van der Waals surface area contributed by atoms with Gasteiger partial charge in [-0.05, 0) is 61.5 Å². The van der Waals surface area contributed by atoms with E-state index in [0.717, 1.165) is 5.56 Å². The molecule has 1 amide bonds. The van der Waals surface area contributed by atoms with Crippen molar-refractivity contribution in [1.29, 1.82) is 0 Å². The molecule has 3 rings (SSSR count). The molecular weight excluding hydrogens is 428 g/mol. The topological polar surface area (TPSA) is 84.9 Å². The largest absolute Gasteiger partial charge is 0.496 e. The van der Waals surface area contributed by atoms with Crippen LogP contribution in [-0.2, 0) is 16.6 Å². The average Bonchev–Trinajstić information content (AvgIpc) is 2.80. The number of carbonyl (C=O) groups excluding carboxylic acids is 1. The van der Waals surface area contributed by atoms with Gasteiger partial charge in [0, 0.05) is 30.4 Å². The van der Waals surface area contributed by atoms with Crippen LogP contribution in [0.4, 0.5) is 5.69 Å². The van der Waals surface area contributed by atoms with Gasteiger partial charge in [-0.25, -0.2) is 8.42 Å². The van der Waals surface area contributed by atoms with E-state index >= 15 is 0 Å². The van der Waals surface area contributed by atoms with Gasteiger partial charge >= 0.3 is 0 Å². The summed E-state index contributed by atoms with van der Waals surface area (Å²) in [6.45, 7) is 2.75. The maximum absolute atomic E-state index is 12.8. The number of rotatable bonds is 9. The lowest BCUT2D eigenvalue weighted by Crippen LogP contribution is -2.26. The minimum Gasteiger partial charge on any atom is -0.496 e. The number of para-hydroxylation sites is 1. The second-order valence-electron chi connectivity index (χ2n) is 7.06. The Labute approximate surface area is 188 Å². The molecule has 0 unspecified atom stereocenters. The zero-order valence-electron chi connectivity index (χ0n) is 18.2. The number of ether oxygens (including phenoxy) is 2. The fourth-order valence-electron chi connectivity index (χ4n) is 3.16. The normalized spacial score (nSPS) is 11.0. The summed E-state index contributed by atoms with van der Waals surface area (Å²) in [7, 11) is -0.461. The fourth-order valence-corrected chi connectivity index (χ4v) is 4.22. The molecular formula is C24H26N2O5S. The molecule has 32 heavy (non-hydrogen) atoms. The number of nitrogens with one attached hydrogen (secondary N) is 1. The predicted molar refractivity (Wildman–Crippen MR) is 124 cm³/mol. The summed E-state index contributed by atoms with van der Waals surface area (Å²) < 4.78 is 38.4. The zero-order valence-corrected chi connectivity index (χ0v) is 19.1. The molecule has 0 aromatic heterocycles. The van der Waals surface area contributed by atoms with Crippen LogP contribution in [0.3, 0.4) is 0 Å². The van der Waals surface area contributed by atoms with Crippen LogP contribution in [-0.4, -0.2) is 40.0 Å². The molecule has 8 heteroatoms. The Morgan fingerprint density at radius 3 is 2.25 bits per heavy atom. The molecule has 3 aromatic rings. The van der Waals surface area contributed by atoms with E-state index in [0.29, 0.717) is 35.9 Å². The first kappa shape index (κ1) is 23.1. The van der Waals surface area contributed by atoms with E-state index in [2.05, 4.69) is 4.72 Å². The number of carbonyl (C=O) groups is 1. The van der Waals surface area contributed by atoms with Crippen LogP contribution >= 0.6 is 0 Å². The summed E-state index contributed by atoms with van der Waals surface area (Å²) in [4.78, 5) is 14.5. The summed E-state index contributed by atoms with van der Waals surface area (Å²) in [5.41, 5.74) is 1.71. The van der Waals surface area contributed by atoms with Gasteiger partial charge in [-0.2, -0.15) is 0 Å². The standard InChI is InChI=1S/C24H26N2O5S/c1-4-31-21-13-15-22(16-14-21)32(28,29)25-20-11-9-18(10-12-20)24(27)26(2)17-19-7-5-6-8-23(19)30-3/h5-16,25H,4,17H2,1-3H3. The van der Waals surface area contributed by atoms with E-state index in [1.807, 2.05) is 31.2 Å². The molecule has 0 bridgehead atoms. The first-order valence-corrected chi connectivity index (χ1v) is 11.6. The minimum atomic E-state index is -3.76. The van der Waals surface area contributed by atoms with Gasteiger partial charge < -0.3 is 14.4 Å². The highest BCUT2D eigenvalue weighted by Crippen LogP contribution is 2.22. The molecule has 0 aliphatic rings. The van der Waals surface area contributed by atoms with E-state index in [1.165, 1.54) is 12.1 Å². The van der Waals surface area contributed by atoms with Crippen LogP contribution in [0.15, 0.2) is 77.7 Å². The van der Waals surface area contributed by atoms with Crippen molar-refractivity contribution in [2.45, 2.75) is 18.4 Å². The van der Waals surface area contributed by atoms with E-state index in [9.17, 15) is 13.2 Å². The van der Waals surface area contributed by atoms with Gasteiger partial charge in [0.25, 0.3) is 15.9 Å². The van der Waals surface area contributed by atoms with E-state index < -0.39 is 10.0 Å². The van der Waals surface area contributed by atoms with Gasteiger partial charge in [0.15, 0.2) is 0 Å². The lowest BCUT2D eigenvalue weighted by molar-refractivity contribution is 0.0784. The molecule has 0 atom stereocenters. The summed E-state index contributed by atoms with van der Waals surface area (Å²) >= 11 is 0. The molecule has 0 saturated carbocycles. The summed E-state index contributed by atoms with van der Waals surface area (Å²) in [5.74, 6) is 1.13. The minimum absolute atomic E-state index is 0.123. The number of nitrogens with zero attached hydrogens (tertiary/aromatic N) is 1. The lowest BCUT2D eigenvalue weighted by Gasteiger charge is -2.19. The van der Waals surface area contributed by atoms with Crippen LogP contribution in [0.2, 0.25) is 0 Å². The maximum atomic E-state index is 12.8. The number of amides is 1. The number of benzene rings is 3. The van der Waals surface area contributed by atoms with E-state index in [4.69, 9.17) is 9.47 Å². The van der Waals surface area contributed by atoms with Gasteiger partial charge in [0.1, 0.15) is 11.5 Å². The number of sulfonamides is 1. The van der Waals surface area contributed by atoms with Crippen molar-refractivity contribution in [3.8, 4) is 11.5 Å². The molecule has 3 aromatic carbocycles. The molecule has 0 radical (unpaired) electrons. The Bertz CT molecular complexity index is 1160. The second-order valence-corrected chi connectivity index (χ2v) is 8.74. The third kappa shape index (κ3) is 5.59. The highest BCUT2D eigenvalue weighted by atomic mass is 32.2. The Morgan fingerprint density at radius 1 is 0.969 bits per heavy atom. The fraction of sp³-hybridized carbons (Fsp3) is 0.208. The number of hydrogen-bond donors (Lipinski definition) is 1. The Balaban J connectivity index is 1.68. The first-order chi connectivity index (χ1) is 15.3. The van der Waals surface area contributed by atoms with Crippen molar-refractivity contribution >= 4 is 21.6 Å². The summed E-state index contributed by atoms with van der Waals surface area (Å²) in [6.07, 6.45) is 0. The molecule has 0 saturated heterocycles. The zero-order chi connectivity index (χ0) is 23.1. The van der Waals surface area contributed by atoms with Gasteiger partial charge in [-0.15, -0.1) is 0 Å². The quantitative estimate of drug-likeness (QED) is 0.525. The Morgan fingerprint density at radius 2 is 1.62 bits per heavy atom. The molecule has 0 fully saturated rings. The van der Waals surface area contributed by atoms with Gasteiger partial charge in [-0.3, -0.25) is 9.52 Å². The van der Waals surface area contributed by atoms with Crippen LogP contribution in [0, 0.1) is 0 Å². The summed E-state index contributed by atoms with van der Waals surface area (Å²) in [5, 5.41) is 0. The van der Waals surface area contributed by atoms with Crippen molar-refractivity contribution in [2.75, 3.05) is 25.5 Å². The number of anilines is 1. The van der Waals surface area contributed by atoms with Crippen molar-refractivity contribution in [3.05, 3.63) is 83.9 Å². The van der Waals surface area contributed by atoms with Crippen molar-refractivity contribution in [1.82, 2.24) is 4.90 Å². The third-order valence-electron chi connectivity index (χ3n) is 4.78. The van der Waals surface area contributed by atoms with E-state index in [1.54, 1.807) is 55.5 Å². The monoisotopic (exact) mass is 454 g/mol. The van der Waals surface area contributed by atoms with Crippen molar-refractivity contribution < 1.29 is 22.7 Å². The van der Waals surface area contributed by atoms with Crippen LogP contribution < -0.4 is 14.2 Å². The van der Waals surface area contributed by atoms with Crippen LogP contribution in [0.5, 0.6) is 11.5 Å². The first-order valence-electron chi connectivity index (χ1n) is 10.1. The lowest BCUT2D eigenvalue weighted by atomic mass is 10.1. The number of hydrogen-bond acceptors (Lipinski definition) is 5. The molecule has 0 aliphatic carbocycles. The maximum Gasteiger partial charge on any atom is 0.261 e. The predicted octanol–water partition coefficient (Wildman–Crippen LogP) is 4.17. The molecule has 0 spiro atoms. The van der Waals surface area contributed by atoms with Crippen LogP contribution in [0.25, 0.3) is 0 Å². The highest BCUT2D eigenvalue weighted by molar-refractivity contribution is 7.92. The molecule has 168 valence electrons.